The SMILES string of the molecule is COC(=O)/C=C/CCC(=O)C1CC(=O)N(c2cccc(Br)c2)C1. The molecule has 2 rings (SSSR count). The number of halogens is 1. The third-order valence-electron chi connectivity index (χ3n) is 3.71. The Labute approximate surface area is 143 Å². The van der Waals surface area contributed by atoms with Gasteiger partial charge in [-0.25, -0.2) is 4.79 Å². The van der Waals surface area contributed by atoms with Crippen LogP contribution in [0.5, 0.6) is 0 Å². The Bertz CT molecular complexity index is 641. The highest BCUT2D eigenvalue weighted by atomic mass is 79.9. The second kappa shape index (κ2) is 8.06. The lowest BCUT2D eigenvalue weighted by molar-refractivity contribution is -0.134. The quantitative estimate of drug-likeness (QED) is 0.563. The monoisotopic (exact) mass is 379 g/mol. The number of nitrogens with zero attached hydrogens (tertiary/aromatic N) is 1. The van der Waals surface area contributed by atoms with Crippen molar-refractivity contribution in [1.29, 1.82) is 0 Å². The summed E-state index contributed by atoms with van der Waals surface area (Å²) >= 11 is 3.38. The van der Waals surface area contributed by atoms with Gasteiger partial charge < -0.3 is 9.64 Å². The molecule has 1 heterocycles. The molecule has 1 fully saturated rings. The van der Waals surface area contributed by atoms with Gasteiger partial charge in [-0.15, -0.1) is 0 Å². The molecular weight excluding hydrogens is 362 g/mol. The van der Waals surface area contributed by atoms with Gasteiger partial charge in [0.1, 0.15) is 5.78 Å². The summed E-state index contributed by atoms with van der Waals surface area (Å²) in [5.41, 5.74) is 0.797. The van der Waals surface area contributed by atoms with Gasteiger partial charge in [0, 0.05) is 41.5 Å². The first-order chi connectivity index (χ1) is 11.0. The molecule has 0 bridgehead atoms. The molecule has 1 atom stereocenters. The molecule has 1 aromatic carbocycles. The van der Waals surface area contributed by atoms with Crippen molar-refractivity contribution in [2.75, 3.05) is 18.6 Å². The van der Waals surface area contributed by atoms with E-state index in [1.807, 2.05) is 24.3 Å². The molecule has 6 heteroatoms. The normalized spacial score (nSPS) is 17.7. The number of hydrogen-bond acceptors (Lipinski definition) is 4. The number of ether oxygens (including phenoxy) is 1. The highest BCUT2D eigenvalue weighted by molar-refractivity contribution is 9.10. The molecule has 23 heavy (non-hydrogen) atoms. The Hall–Kier alpha value is -1.95. The van der Waals surface area contributed by atoms with Crippen LogP contribution in [0.1, 0.15) is 19.3 Å². The van der Waals surface area contributed by atoms with Crippen molar-refractivity contribution in [2.24, 2.45) is 5.92 Å². The summed E-state index contributed by atoms with van der Waals surface area (Å²) < 4.78 is 5.37. The molecule has 0 aliphatic carbocycles. The van der Waals surface area contributed by atoms with E-state index in [1.165, 1.54) is 13.2 Å². The molecule has 0 spiro atoms. The molecule has 5 nitrogen and oxygen atoms in total. The third-order valence-corrected chi connectivity index (χ3v) is 4.21. The van der Waals surface area contributed by atoms with Crippen molar-refractivity contribution in [3.8, 4) is 0 Å². The van der Waals surface area contributed by atoms with Crippen LogP contribution in [0.4, 0.5) is 5.69 Å². The minimum absolute atomic E-state index is 0.0356. The molecule has 1 unspecified atom stereocenters. The van der Waals surface area contributed by atoms with E-state index in [9.17, 15) is 14.4 Å². The van der Waals surface area contributed by atoms with E-state index in [1.54, 1.807) is 11.0 Å². The van der Waals surface area contributed by atoms with Crippen LogP contribution in [0.2, 0.25) is 0 Å². The number of carbonyl (C=O) groups is 3. The minimum Gasteiger partial charge on any atom is -0.466 e. The minimum atomic E-state index is -0.436. The highest BCUT2D eigenvalue weighted by Gasteiger charge is 2.34. The summed E-state index contributed by atoms with van der Waals surface area (Å²) in [5.74, 6) is -0.709. The fourth-order valence-corrected chi connectivity index (χ4v) is 2.88. The zero-order chi connectivity index (χ0) is 16.8. The number of rotatable bonds is 6. The Morgan fingerprint density at radius 3 is 2.91 bits per heavy atom. The van der Waals surface area contributed by atoms with Crippen LogP contribution in [0.25, 0.3) is 0 Å². The molecule has 0 N–H and O–H groups in total. The lowest BCUT2D eigenvalue weighted by Crippen LogP contribution is -2.25. The fourth-order valence-electron chi connectivity index (χ4n) is 2.49. The van der Waals surface area contributed by atoms with Gasteiger partial charge >= 0.3 is 5.97 Å². The first kappa shape index (κ1) is 17.4. The lowest BCUT2D eigenvalue weighted by atomic mass is 9.99. The summed E-state index contributed by atoms with van der Waals surface area (Å²) in [6.45, 7) is 0.412. The molecule has 1 saturated heterocycles. The van der Waals surface area contributed by atoms with E-state index < -0.39 is 5.97 Å². The first-order valence-electron chi connectivity index (χ1n) is 7.34. The Balaban J connectivity index is 1.90. The average molecular weight is 380 g/mol. The number of carbonyl (C=O) groups excluding carboxylic acids is 3. The van der Waals surface area contributed by atoms with Crippen LogP contribution >= 0.6 is 15.9 Å². The van der Waals surface area contributed by atoms with Gasteiger partial charge in [0.2, 0.25) is 5.91 Å². The molecule has 0 saturated carbocycles. The summed E-state index contributed by atoms with van der Waals surface area (Å²) in [4.78, 5) is 36.9. The van der Waals surface area contributed by atoms with Crippen LogP contribution in [-0.4, -0.2) is 31.3 Å². The van der Waals surface area contributed by atoms with Crippen LogP contribution < -0.4 is 4.90 Å². The maximum Gasteiger partial charge on any atom is 0.330 e. The Kier molecular flexibility index (Phi) is 6.10. The van der Waals surface area contributed by atoms with Crippen molar-refractivity contribution in [2.45, 2.75) is 19.3 Å². The van der Waals surface area contributed by atoms with Crippen molar-refractivity contribution in [3.05, 3.63) is 40.9 Å². The third kappa shape index (κ3) is 4.76. The van der Waals surface area contributed by atoms with Crippen molar-refractivity contribution >= 4 is 39.3 Å². The number of Topliss-reactive ketones (excluding diaryl/α,β-unsaturated/α-hetero) is 1. The van der Waals surface area contributed by atoms with Gasteiger partial charge in [-0.1, -0.05) is 28.1 Å². The first-order valence-corrected chi connectivity index (χ1v) is 8.13. The molecule has 1 aromatic rings. The van der Waals surface area contributed by atoms with Crippen LogP contribution in [0, 0.1) is 5.92 Å². The molecule has 122 valence electrons. The highest BCUT2D eigenvalue weighted by Crippen LogP contribution is 2.28. The molecular formula is C17H18BrNO4. The van der Waals surface area contributed by atoms with Gasteiger partial charge in [0.25, 0.3) is 0 Å². The number of allylic oxidation sites excluding steroid dienone is 1. The summed E-state index contributed by atoms with van der Waals surface area (Å²) in [7, 11) is 1.30. The van der Waals surface area contributed by atoms with Gasteiger partial charge in [-0.3, -0.25) is 9.59 Å². The predicted octanol–water partition coefficient (Wildman–Crippen LogP) is 2.88. The zero-order valence-corrected chi connectivity index (χ0v) is 14.4. The number of methoxy groups -OCH3 is 1. The molecule has 1 amide bonds. The largest absolute Gasteiger partial charge is 0.466 e. The zero-order valence-electron chi connectivity index (χ0n) is 12.8. The van der Waals surface area contributed by atoms with Gasteiger partial charge in [-0.2, -0.15) is 0 Å². The summed E-state index contributed by atoms with van der Waals surface area (Å²) in [5, 5.41) is 0. The van der Waals surface area contributed by atoms with Crippen molar-refractivity contribution in [3.63, 3.8) is 0 Å². The maximum atomic E-state index is 12.2. The molecule has 0 radical (unpaired) electrons. The van der Waals surface area contributed by atoms with Crippen LogP contribution in [0.15, 0.2) is 40.9 Å². The van der Waals surface area contributed by atoms with E-state index in [0.717, 1.165) is 10.2 Å². The number of anilines is 1. The van der Waals surface area contributed by atoms with E-state index in [4.69, 9.17) is 0 Å². The molecule has 1 aliphatic rings. The number of esters is 1. The Morgan fingerprint density at radius 1 is 1.43 bits per heavy atom. The summed E-state index contributed by atoms with van der Waals surface area (Å²) in [6.07, 6.45) is 3.95. The average Bonchev–Trinajstić information content (AvgIpc) is 2.93. The molecule has 0 aromatic heterocycles. The van der Waals surface area contributed by atoms with E-state index in [0.29, 0.717) is 19.4 Å². The number of benzene rings is 1. The van der Waals surface area contributed by atoms with Crippen LogP contribution in [0.3, 0.4) is 0 Å². The van der Waals surface area contributed by atoms with E-state index in [-0.39, 0.29) is 24.0 Å². The second-order valence-corrected chi connectivity index (χ2v) is 6.23. The standard InChI is InChI=1S/C17H18BrNO4/c1-23-17(22)8-3-2-7-15(20)12-9-16(21)19(11-12)14-6-4-5-13(18)10-14/h3-6,8,10,12H,2,7,9,11H2,1H3/b8-3+. The molecule has 1 aliphatic heterocycles. The topological polar surface area (TPSA) is 63.7 Å². The summed E-state index contributed by atoms with van der Waals surface area (Å²) in [6, 6.07) is 7.47. The van der Waals surface area contributed by atoms with Crippen molar-refractivity contribution < 1.29 is 19.1 Å². The van der Waals surface area contributed by atoms with Gasteiger partial charge in [0.15, 0.2) is 0 Å². The maximum absolute atomic E-state index is 12.2. The van der Waals surface area contributed by atoms with E-state index in [2.05, 4.69) is 20.7 Å². The number of amides is 1. The van der Waals surface area contributed by atoms with Gasteiger partial charge in [-0.05, 0) is 24.6 Å². The van der Waals surface area contributed by atoms with Crippen molar-refractivity contribution in [1.82, 2.24) is 0 Å². The fraction of sp³-hybridized carbons (Fsp3) is 0.353. The smallest absolute Gasteiger partial charge is 0.330 e. The van der Waals surface area contributed by atoms with E-state index >= 15 is 0 Å². The van der Waals surface area contributed by atoms with Crippen LogP contribution in [-0.2, 0) is 19.1 Å². The predicted molar refractivity (Wildman–Crippen MR) is 90.0 cm³/mol. The lowest BCUT2D eigenvalue weighted by Gasteiger charge is -2.16. The second-order valence-electron chi connectivity index (χ2n) is 5.32. The number of hydrogen-bond donors (Lipinski definition) is 0. The van der Waals surface area contributed by atoms with Gasteiger partial charge in [0.05, 0.1) is 7.11 Å². The Morgan fingerprint density at radius 2 is 2.22 bits per heavy atom. The number of ketones is 1.